The van der Waals surface area contributed by atoms with Crippen molar-refractivity contribution in [3.63, 3.8) is 0 Å². The van der Waals surface area contributed by atoms with Crippen LogP contribution < -0.4 is 10.1 Å². The summed E-state index contributed by atoms with van der Waals surface area (Å²) in [7, 11) is -3.18. The normalized spacial score (nSPS) is 11.8. The Balaban J connectivity index is 2.12. The molecule has 0 atom stereocenters. The van der Waals surface area contributed by atoms with Gasteiger partial charge < -0.3 is 10.1 Å². The first kappa shape index (κ1) is 19.8. The number of amides is 1. The van der Waals surface area contributed by atoms with Crippen molar-refractivity contribution in [1.82, 2.24) is 0 Å². The average molecular weight is 387 g/mol. The Bertz CT molecular complexity index is 895. The van der Waals surface area contributed by atoms with Gasteiger partial charge in [-0.1, -0.05) is 18.2 Å². The van der Waals surface area contributed by atoms with Gasteiger partial charge in [0.2, 0.25) is 0 Å². The smallest absolute Gasteiger partial charge is 0.417 e. The summed E-state index contributed by atoms with van der Waals surface area (Å²) in [4.78, 5) is 12.2. The molecule has 0 saturated heterocycles. The zero-order chi connectivity index (χ0) is 19.4. The van der Waals surface area contributed by atoms with E-state index in [2.05, 4.69) is 5.32 Å². The molecular weight excluding hydrogens is 371 g/mol. The number of alkyl halides is 3. The fraction of sp³-hybridized carbons (Fsp3) is 0.235. The molecule has 5 nitrogen and oxygen atoms in total. The number of ether oxygens (including phenoxy) is 1. The zero-order valence-electron chi connectivity index (χ0n) is 13.7. The van der Waals surface area contributed by atoms with Crippen LogP contribution in [0.5, 0.6) is 5.75 Å². The summed E-state index contributed by atoms with van der Waals surface area (Å²) in [6.45, 7) is -0.0762. The predicted octanol–water partition coefficient (Wildman–Crippen LogP) is 3.38. The lowest BCUT2D eigenvalue weighted by atomic mass is 10.1. The molecular formula is C17H16F3NO4S. The molecule has 2 aromatic carbocycles. The Morgan fingerprint density at radius 1 is 1.12 bits per heavy atom. The van der Waals surface area contributed by atoms with Gasteiger partial charge >= 0.3 is 6.18 Å². The molecule has 0 bridgehead atoms. The van der Waals surface area contributed by atoms with E-state index in [4.69, 9.17) is 4.74 Å². The number of nitrogens with one attached hydrogen (secondary N) is 1. The quantitative estimate of drug-likeness (QED) is 0.825. The van der Waals surface area contributed by atoms with Crippen LogP contribution in [0.2, 0.25) is 0 Å². The predicted molar refractivity (Wildman–Crippen MR) is 91.0 cm³/mol. The van der Waals surface area contributed by atoms with Crippen LogP contribution in [-0.4, -0.2) is 32.9 Å². The van der Waals surface area contributed by atoms with Crippen LogP contribution in [0.4, 0.5) is 18.9 Å². The Morgan fingerprint density at radius 3 is 2.46 bits per heavy atom. The second-order valence-electron chi connectivity index (χ2n) is 5.50. The highest BCUT2D eigenvalue weighted by molar-refractivity contribution is 7.90. The van der Waals surface area contributed by atoms with Gasteiger partial charge in [0.15, 0.2) is 9.84 Å². The number of anilines is 1. The molecule has 9 heteroatoms. The van der Waals surface area contributed by atoms with Crippen molar-refractivity contribution in [2.45, 2.75) is 6.18 Å². The average Bonchev–Trinajstić information content (AvgIpc) is 2.53. The molecule has 0 fully saturated rings. The summed E-state index contributed by atoms with van der Waals surface area (Å²) >= 11 is 0. The molecule has 0 aromatic heterocycles. The second-order valence-corrected chi connectivity index (χ2v) is 7.76. The van der Waals surface area contributed by atoms with Crippen molar-refractivity contribution in [1.29, 1.82) is 0 Å². The topological polar surface area (TPSA) is 72.5 Å². The van der Waals surface area contributed by atoms with Crippen molar-refractivity contribution in [2.24, 2.45) is 0 Å². The third-order valence-corrected chi connectivity index (χ3v) is 4.20. The maximum absolute atomic E-state index is 13.0. The van der Waals surface area contributed by atoms with Crippen LogP contribution in [0, 0.1) is 0 Å². The van der Waals surface area contributed by atoms with Gasteiger partial charge in [-0.15, -0.1) is 0 Å². The minimum Gasteiger partial charge on any atom is -0.492 e. The summed E-state index contributed by atoms with van der Waals surface area (Å²) in [6.07, 6.45) is -3.57. The summed E-state index contributed by atoms with van der Waals surface area (Å²) in [5.74, 6) is -0.801. The van der Waals surface area contributed by atoms with Gasteiger partial charge in [0.05, 0.1) is 16.9 Å². The van der Waals surface area contributed by atoms with E-state index in [-0.39, 0.29) is 23.8 Å². The van der Waals surface area contributed by atoms with Crippen molar-refractivity contribution in [3.05, 3.63) is 59.7 Å². The van der Waals surface area contributed by atoms with E-state index in [0.29, 0.717) is 0 Å². The third kappa shape index (κ3) is 5.76. The lowest BCUT2D eigenvalue weighted by molar-refractivity contribution is -0.137. The number of sulfone groups is 1. The lowest BCUT2D eigenvalue weighted by Gasteiger charge is -2.13. The Hall–Kier alpha value is -2.55. The highest BCUT2D eigenvalue weighted by atomic mass is 32.2. The number of halogens is 3. The molecule has 0 aliphatic carbocycles. The first-order valence-corrected chi connectivity index (χ1v) is 9.50. The monoisotopic (exact) mass is 387 g/mol. The van der Waals surface area contributed by atoms with Crippen molar-refractivity contribution >= 4 is 21.4 Å². The van der Waals surface area contributed by atoms with E-state index in [1.807, 2.05) is 0 Å². The minimum atomic E-state index is -4.65. The van der Waals surface area contributed by atoms with E-state index in [9.17, 15) is 26.4 Å². The SMILES string of the molecule is CS(=O)(=O)CCOc1cccc(NC(=O)c2ccccc2C(F)(F)F)c1. The molecule has 26 heavy (non-hydrogen) atoms. The molecule has 140 valence electrons. The van der Waals surface area contributed by atoms with Crippen LogP contribution in [0.1, 0.15) is 15.9 Å². The molecule has 0 aliphatic rings. The zero-order valence-corrected chi connectivity index (χ0v) is 14.5. The van der Waals surface area contributed by atoms with E-state index in [0.717, 1.165) is 18.4 Å². The summed E-state index contributed by atoms with van der Waals surface area (Å²) < 4.78 is 66.4. The second kappa shape index (κ2) is 7.77. The number of hydrogen-bond acceptors (Lipinski definition) is 4. The highest BCUT2D eigenvalue weighted by Crippen LogP contribution is 2.32. The highest BCUT2D eigenvalue weighted by Gasteiger charge is 2.34. The summed E-state index contributed by atoms with van der Waals surface area (Å²) in [6, 6.07) is 10.4. The molecule has 0 aliphatic heterocycles. The Morgan fingerprint density at radius 2 is 1.81 bits per heavy atom. The van der Waals surface area contributed by atoms with E-state index < -0.39 is 33.0 Å². The molecule has 0 unspecified atom stereocenters. The van der Waals surface area contributed by atoms with Gasteiger partial charge in [-0.3, -0.25) is 4.79 Å². The first-order valence-electron chi connectivity index (χ1n) is 7.44. The molecule has 1 N–H and O–H groups in total. The largest absolute Gasteiger partial charge is 0.492 e. The van der Waals surface area contributed by atoms with Crippen LogP contribution in [0.25, 0.3) is 0 Å². The standard InChI is InChI=1S/C17H16F3NO4S/c1-26(23,24)10-9-25-13-6-4-5-12(11-13)21-16(22)14-7-2-3-8-15(14)17(18,19)20/h2-8,11H,9-10H2,1H3,(H,21,22). The Kier molecular flexibility index (Phi) is 5.91. The third-order valence-electron chi connectivity index (χ3n) is 3.29. The van der Waals surface area contributed by atoms with Gasteiger partial charge in [0, 0.05) is 18.0 Å². The van der Waals surface area contributed by atoms with Gasteiger partial charge in [-0.05, 0) is 24.3 Å². The molecule has 0 heterocycles. The summed E-state index contributed by atoms with van der Waals surface area (Å²) in [5.41, 5.74) is -1.30. The van der Waals surface area contributed by atoms with Crippen LogP contribution in [0.15, 0.2) is 48.5 Å². The minimum absolute atomic E-state index is 0.0762. The van der Waals surface area contributed by atoms with Gasteiger partial charge in [-0.25, -0.2) is 8.42 Å². The van der Waals surface area contributed by atoms with Crippen LogP contribution >= 0.6 is 0 Å². The van der Waals surface area contributed by atoms with Gasteiger partial charge in [-0.2, -0.15) is 13.2 Å². The number of hydrogen-bond donors (Lipinski definition) is 1. The van der Waals surface area contributed by atoms with Crippen molar-refractivity contribution < 1.29 is 31.1 Å². The van der Waals surface area contributed by atoms with Crippen LogP contribution in [0.3, 0.4) is 0 Å². The van der Waals surface area contributed by atoms with E-state index >= 15 is 0 Å². The van der Waals surface area contributed by atoms with E-state index in [1.165, 1.54) is 30.3 Å². The van der Waals surface area contributed by atoms with Crippen molar-refractivity contribution in [2.75, 3.05) is 23.9 Å². The molecule has 2 rings (SSSR count). The van der Waals surface area contributed by atoms with Gasteiger partial charge in [0.25, 0.3) is 5.91 Å². The number of rotatable bonds is 6. The fourth-order valence-electron chi connectivity index (χ4n) is 2.10. The lowest BCUT2D eigenvalue weighted by Crippen LogP contribution is -2.18. The molecule has 0 saturated carbocycles. The fourth-order valence-corrected chi connectivity index (χ4v) is 2.49. The number of carbonyl (C=O) groups is 1. The maximum Gasteiger partial charge on any atom is 0.417 e. The van der Waals surface area contributed by atoms with Gasteiger partial charge in [0.1, 0.15) is 12.4 Å². The summed E-state index contributed by atoms with van der Waals surface area (Å²) in [5, 5.41) is 2.38. The molecule has 0 radical (unpaired) electrons. The molecule has 1 amide bonds. The Labute approximate surface area is 148 Å². The molecule has 0 spiro atoms. The van der Waals surface area contributed by atoms with Crippen molar-refractivity contribution in [3.8, 4) is 5.75 Å². The number of benzene rings is 2. The first-order chi connectivity index (χ1) is 12.1. The van der Waals surface area contributed by atoms with Crippen LogP contribution in [-0.2, 0) is 16.0 Å². The number of carbonyl (C=O) groups excluding carboxylic acids is 1. The van der Waals surface area contributed by atoms with E-state index in [1.54, 1.807) is 6.07 Å². The maximum atomic E-state index is 13.0. The molecule has 2 aromatic rings.